The Morgan fingerprint density at radius 1 is 1.00 bits per heavy atom. The fourth-order valence-electron chi connectivity index (χ4n) is 4.34. The third-order valence-corrected chi connectivity index (χ3v) is 5.88. The average Bonchev–Trinajstić information content (AvgIpc) is 2.71. The van der Waals surface area contributed by atoms with Crippen molar-refractivity contribution in [3.63, 3.8) is 0 Å². The van der Waals surface area contributed by atoms with Crippen LogP contribution in [-0.2, 0) is 0 Å². The third-order valence-electron chi connectivity index (χ3n) is 5.88. The molecule has 2 nitrogen and oxygen atoms in total. The van der Waals surface area contributed by atoms with Crippen molar-refractivity contribution in [1.29, 1.82) is 0 Å². The molecule has 21 heavy (non-hydrogen) atoms. The average molecular weight is 295 g/mol. The fourth-order valence-corrected chi connectivity index (χ4v) is 4.34. The SMILES string of the molecule is CCCNC1CCCCCC1CN1CCC(C(C)C)CC1. The maximum atomic E-state index is 3.85. The molecule has 0 spiro atoms. The van der Waals surface area contributed by atoms with Crippen LogP contribution in [0.4, 0.5) is 0 Å². The van der Waals surface area contributed by atoms with E-state index in [1.165, 1.54) is 77.5 Å². The summed E-state index contributed by atoms with van der Waals surface area (Å²) in [6.45, 7) is 12.3. The lowest BCUT2D eigenvalue weighted by molar-refractivity contribution is 0.125. The monoisotopic (exact) mass is 294 g/mol. The maximum absolute atomic E-state index is 3.85. The first-order valence-corrected chi connectivity index (χ1v) is 9.66. The highest BCUT2D eigenvalue weighted by Crippen LogP contribution is 2.28. The van der Waals surface area contributed by atoms with Gasteiger partial charge in [-0.05, 0) is 69.5 Å². The summed E-state index contributed by atoms with van der Waals surface area (Å²) in [4.78, 5) is 2.77. The molecular weight excluding hydrogens is 256 g/mol. The zero-order valence-corrected chi connectivity index (χ0v) is 14.7. The number of likely N-dealkylation sites (tertiary alicyclic amines) is 1. The van der Waals surface area contributed by atoms with Crippen LogP contribution in [0, 0.1) is 17.8 Å². The van der Waals surface area contributed by atoms with Crippen LogP contribution in [0.25, 0.3) is 0 Å². The molecule has 2 rings (SSSR count). The first kappa shape index (κ1) is 17.3. The summed E-state index contributed by atoms with van der Waals surface area (Å²) in [7, 11) is 0. The molecule has 1 saturated carbocycles. The minimum absolute atomic E-state index is 0.787. The van der Waals surface area contributed by atoms with Gasteiger partial charge in [-0.25, -0.2) is 0 Å². The first-order valence-electron chi connectivity index (χ1n) is 9.66. The molecule has 1 heterocycles. The Kier molecular flexibility index (Phi) is 7.53. The normalized spacial score (nSPS) is 29.7. The Morgan fingerprint density at radius 3 is 2.38 bits per heavy atom. The van der Waals surface area contributed by atoms with E-state index in [4.69, 9.17) is 0 Å². The first-order chi connectivity index (χ1) is 10.2. The van der Waals surface area contributed by atoms with Crippen LogP contribution in [0.2, 0.25) is 0 Å². The van der Waals surface area contributed by atoms with Gasteiger partial charge in [-0.2, -0.15) is 0 Å². The van der Waals surface area contributed by atoms with E-state index in [0.717, 1.165) is 23.8 Å². The molecule has 1 saturated heterocycles. The fraction of sp³-hybridized carbons (Fsp3) is 1.00. The topological polar surface area (TPSA) is 15.3 Å². The minimum Gasteiger partial charge on any atom is -0.314 e. The van der Waals surface area contributed by atoms with Crippen LogP contribution in [0.1, 0.15) is 72.1 Å². The van der Waals surface area contributed by atoms with Crippen LogP contribution in [0.3, 0.4) is 0 Å². The molecule has 2 atom stereocenters. The van der Waals surface area contributed by atoms with Crippen LogP contribution in [-0.4, -0.2) is 37.1 Å². The molecule has 2 unspecified atom stereocenters. The van der Waals surface area contributed by atoms with E-state index < -0.39 is 0 Å². The van der Waals surface area contributed by atoms with Crippen molar-refractivity contribution in [1.82, 2.24) is 10.2 Å². The standard InChI is InChI=1S/C19H38N2/c1-4-12-20-19-9-7-5-6-8-18(19)15-21-13-10-17(11-14-21)16(2)3/h16-20H,4-15H2,1-3H3. The summed E-state index contributed by atoms with van der Waals surface area (Å²) >= 11 is 0. The number of hydrogen-bond acceptors (Lipinski definition) is 2. The number of nitrogens with zero attached hydrogens (tertiary/aromatic N) is 1. The van der Waals surface area contributed by atoms with Crippen molar-refractivity contribution in [2.45, 2.75) is 78.2 Å². The Balaban J connectivity index is 1.81. The predicted molar refractivity (Wildman–Crippen MR) is 92.7 cm³/mol. The van der Waals surface area contributed by atoms with E-state index in [-0.39, 0.29) is 0 Å². The molecule has 0 bridgehead atoms. The quantitative estimate of drug-likeness (QED) is 0.735. The van der Waals surface area contributed by atoms with Gasteiger partial charge in [0, 0.05) is 12.6 Å². The lowest BCUT2D eigenvalue weighted by Crippen LogP contribution is -2.44. The van der Waals surface area contributed by atoms with E-state index in [1.54, 1.807) is 0 Å². The molecule has 2 aliphatic rings. The molecule has 0 aromatic heterocycles. The van der Waals surface area contributed by atoms with E-state index in [9.17, 15) is 0 Å². The smallest absolute Gasteiger partial charge is 0.0107 e. The summed E-state index contributed by atoms with van der Waals surface area (Å²) in [5.74, 6) is 2.75. The van der Waals surface area contributed by atoms with Crippen LogP contribution in [0.5, 0.6) is 0 Å². The highest BCUT2D eigenvalue weighted by atomic mass is 15.1. The number of nitrogens with one attached hydrogen (secondary N) is 1. The van der Waals surface area contributed by atoms with Gasteiger partial charge in [0.25, 0.3) is 0 Å². The van der Waals surface area contributed by atoms with Gasteiger partial charge in [0.05, 0.1) is 0 Å². The molecule has 1 aliphatic carbocycles. The van der Waals surface area contributed by atoms with Gasteiger partial charge in [-0.1, -0.05) is 40.0 Å². The van der Waals surface area contributed by atoms with E-state index >= 15 is 0 Å². The Bertz CT molecular complexity index is 269. The van der Waals surface area contributed by atoms with Gasteiger partial charge in [0.2, 0.25) is 0 Å². The number of piperidine rings is 1. The lowest BCUT2D eigenvalue weighted by atomic mass is 9.86. The highest BCUT2D eigenvalue weighted by Gasteiger charge is 2.27. The van der Waals surface area contributed by atoms with E-state index in [1.807, 2.05) is 0 Å². The van der Waals surface area contributed by atoms with Crippen LogP contribution in [0.15, 0.2) is 0 Å². The van der Waals surface area contributed by atoms with Crippen molar-refractivity contribution in [3.8, 4) is 0 Å². The molecule has 0 aromatic rings. The maximum Gasteiger partial charge on any atom is 0.0107 e. The molecule has 0 radical (unpaired) electrons. The molecule has 2 heteroatoms. The van der Waals surface area contributed by atoms with E-state index in [2.05, 4.69) is 31.0 Å². The van der Waals surface area contributed by atoms with Crippen molar-refractivity contribution < 1.29 is 0 Å². The zero-order chi connectivity index (χ0) is 15.1. The summed E-state index contributed by atoms with van der Waals surface area (Å²) in [6.07, 6.45) is 11.3. The second-order valence-electron chi connectivity index (χ2n) is 7.84. The molecule has 0 aromatic carbocycles. The van der Waals surface area contributed by atoms with Crippen molar-refractivity contribution in [2.24, 2.45) is 17.8 Å². The van der Waals surface area contributed by atoms with Crippen LogP contribution >= 0.6 is 0 Å². The van der Waals surface area contributed by atoms with Gasteiger partial charge in [-0.3, -0.25) is 0 Å². The second kappa shape index (κ2) is 9.15. The Hall–Kier alpha value is -0.0800. The van der Waals surface area contributed by atoms with Crippen molar-refractivity contribution in [2.75, 3.05) is 26.2 Å². The van der Waals surface area contributed by atoms with Gasteiger partial charge in [-0.15, -0.1) is 0 Å². The Labute approximate surface area is 133 Å². The number of rotatable bonds is 6. The van der Waals surface area contributed by atoms with Crippen LogP contribution < -0.4 is 5.32 Å². The highest BCUT2D eigenvalue weighted by molar-refractivity contribution is 4.84. The van der Waals surface area contributed by atoms with E-state index in [0.29, 0.717) is 0 Å². The second-order valence-corrected chi connectivity index (χ2v) is 7.84. The molecule has 1 N–H and O–H groups in total. The minimum atomic E-state index is 0.787. The molecule has 0 amide bonds. The van der Waals surface area contributed by atoms with Crippen molar-refractivity contribution in [3.05, 3.63) is 0 Å². The Morgan fingerprint density at radius 2 is 1.71 bits per heavy atom. The lowest BCUT2D eigenvalue weighted by Gasteiger charge is -2.37. The van der Waals surface area contributed by atoms with Gasteiger partial charge in [0.15, 0.2) is 0 Å². The summed E-state index contributed by atoms with van der Waals surface area (Å²) in [5, 5.41) is 3.85. The third kappa shape index (κ3) is 5.56. The van der Waals surface area contributed by atoms with Gasteiger partial charge < -0.3 is 10.2 Å². The molecular formula is C19H38N2. The molecule has 124 valence electrons. The summed E-state index contributed by atoms with van der Waals surface area (Å²) in [6, 6.07) is 0.787. The molecule has 2 fully saturated rings. The zero-order valence-electron chi connectivity index (χ0n) is 14.7. The van der Waals surface area contributed by atoms with Crippen molar-refractivity contribution >= 4 is 0 Å². The number of hydrogen-bond donors (Lipinski definition) is 1. The largest absolute Gasteiger partial charge is 0.314 e. The predicted octanol–water partition coefficient (Wildman–Crippen LogP) is 4.30. The summed E-state index contributed by atoms with van der Waals surface area (Å²) < 4.78 is 0. The summed E-state index contributed by atoms with van der Waals surface area (Å²) in [5.41, 5.74) is 0. The molecule has 1 aliphatic heterocycles. The van der Waals surface area contributed by atoms with Gasteiger partial charge in [0.1, 0.15) is 0 Å². The van der Waals surface area contributed by atoms with Gasteiger partial charge >= 0.3 is 0 Å².